The van der Waals surface area contributed by atoms with Crippen molar-refractivity contribution in [2.75, 3.05) is 6.54 Å². The van der Waals surface area contributed by atoms with Gasteiger partial charge in [-0.15, -0.1) is 0 Å². The van der Waals surface area contributed by atoms with Gasteiger partial charge in [0.1, 0.15) is 0 Å². The average molecular weight is 255 g/mol. The van der Waals surface area contributed by atoms with E-state index in [2.05, 4.69) is 4.52 Å². The largest absolute Gasteiger partial charge is 0.449 e. The highest BCUT2D eigenvalue weighted by Crippen LogP contribution is 2.20. The third-order valence-electron chi connectivity index (χ3n) is 2.03. The number of hydrogen-bond donors (Lipinski definition) is 1. The Morgan fingerprint density at radius 1 is 1.29 bits per heavy atom. The van der Waals surface area contributed by atoms with Gasteiger partial charge in [-0.05, 0) is 0 Å². The molecule has 0 heterocycles. The van der Waals surface area contributed by atoms with Gasteiger partial charge in [-0.1, -0.05) is 30.3 Å². The predicted octanol–water partition coefficient (Wildman–Crippen LogP) is 0.953. The molecule has 0 aliphatic rings. The number of carbonyl (C=O) groups is 2. The maximum absolute atomic E-state index is 11.5. The SMILES string of the molecule is NCCC(=O)O[C@H](C(=O)OP)c1ccccc1. The van der Waals surface area contributed by atoms with E-state index >= 15 is 0 Å². The molecule has 0 aliphatic heterocycles. The van der Waals surface area contributed by atoms with Crippen LogP contribution in [0.4, 0.5) is 0 Å². The molecule has 1 unspecified atom stereocenters. The van der Waals surface area contributed by atoms with Crippen LogP contribution in [0.3, 0.4) is 0 Å². The van der Waals surface area contributed by atoms with Crippen molar-refractivity contribution in [3.63, 3.8) is 0 Å². The number of esters is 1. The van der Waals surface area contributed by atoms with Crippen LogP contribution in [0.15, 0.2) is 30.3 Å². The van der Waals surface area contributed by atoms with Gasteiger partial charge in [0, 0.05) is 12.1 Å². The van der Waals surface area contributed by atoms with Gasteiger partial charge in [0.2, 0.25) is 6.10 Å². The molecule has 0 fully saturated rings. The van der Waals surface area contributed by atoms with Gasteiger partial charge in [-0.3, -0.25) is 4.79 Å². The zero-order chi connectivity index (χ0) is 12.7. The topological polar surface area (TPSA) is 78.6 Å². The summed E-state index contributed by atoms with van der Waals surface area (Å²) in [5.41, 5.74) is 5.79. The lowest BCUT2D eigenvalue weighted by Crippen LogP contribution is -2.21. The third-order valence-corrected chi connectivity index (χ3v) is 2.26. The molecule has 0 spiro atoms. The van der Waals surface area contributed by atoms with E-state index in [1.165, 1.54) is 0 Å². The van der Waals surface area contributed by atoms with Crippen LogP contribution in [0.5, 0.6) is 0 Å². The van der Waals surface area contributed by atoms with Crippen molar-refractivity contribution in [1.29, 1.82) is 0 Å². The van der Waals surface area contributed by atoms with Crippen LogP contribution in [-0.2, 0) is 18.8 Å². The van der Waals surface area contributed by atoms with E-state index in [1.54, 1.807) is 30.3 Å². The molecule has 0 saturated heterocycles. The Hall–Kier alpha value is -1.45. The van der Waals surface area contributed by atoms with E-state index in [0.717, 1.165) is 0 Å². The van der Waals surface area contributed by atoms with Gasteiger partial charge in [0.25, 0.3) is 0 Å². The minimum absolute atomic E-state index is 0.0630. The predicted molar refractivity (Wildman–Crippen MR) is 64.7 cm³/mol. The summed E-state index contributed by atoms with van der Waals surface area (Å²) in [7, 11) is 1.84. The Morgan fingerprint density at radius 2 is 1.94 bits per heavy atom. The summed E-state index contributed by atoms with van der Waals surface area (Å²) in [5.74, 6) is -1.18. The van der Waals surface area contributed by atoms with Crippen LogP contribution in [0.25, 0.3) is 0 Å². The first kappa shape index (κ1) is 13.6. The van der Waals surface area contributed by atoms with Crippen molar-refractivity contribution in [3.05, 3.63) is 35.9 Å². The third kappa shape index (κ3) is 4.13. The van der Waals surface area contributed by atoms with Gasteiger partial charge in [-0.25, -0.2) is 4.79 Å². The Balaban J connectivity index is 2.82. The van der Waals surface area contributed by atoms with Gasteiger partial charge in [-0.2, -0.15) is 0 Å². The van der Waals surface area contributed by atoms with E-state index in [9.17, 15) is 9.59 Å². The number of ether oxygens (including phenoxy) is 1. The summed E-state index contributed by atoms with van der Waals surface area (Å²) in [4.78, 5) is 22.8. The van der Waals surface area contributed by atoms with Crippen LogP contribution in [0.1, 0.15) is 18.1 Å². The summed E-state index contributed by atoms with van der Waals surface area (Å²) in [6.45, 7) is 0.177. The lowest BCUT2D eigenvalue weighted by atomic mass is 10.1. The number of carbonyl (C=O) groups excluding carboxylic acids is 2. The van der Waals surface area contributed by atoms with E-state index < -0.39 is 18.0 Å². The van der Waals surface area contributed by atoms with Crippen molar-refractivity contribution in [2.24, 2.45) is 5.73 Å². The van der Waals surface area contributed by atoms with Crippen molar-refractivity contribution >= 4 is 21.4 Å². The number of benzene rings is 1. The average Bonchev–Trinajstić information content (AvgIpc) is 2.36. The second kappa shape index (κ2) is 6.99. The molecule has 2 N–H and O–H groups in total. The zero-order valence-electron chi connectivity index (χ0n) is 9.17. The second-order valence-electron chi connectivity index (χ2n) is 3.26. The Kier molecular flexibility index (Phi) is 5.60. The molecule has 0 bridgehead atoms. The minimum Gasteiger partial charge on any atom is -0.449 e. The monoisotopic (exact) mass is 255 g/mol. The van der Waals surface area contributed by atoms with Gasteiger partial charge in [0.05, 0.1) is 15.9 Å². The zero-order valence-corrected chi connectivity index (χ0v) is 10.3. The normalized spacial score (nSPS) is 11.6. The molecule has 1 aromatic rings. The molecule has 5 nitrogen and oxygen atoms in total. The van der Waals surface area contributed by atoms with Gasteiger partial charge >= 0.3 is 11.9 Å². The van der Waals surface area contributed by atoms with E-state index in [1.807, 2.05) is 9.47 Å². The van der Waals surface area contributed by atoms with Crippen LogP contribution >= 0.6 is 9.47 Å². The summed E-state index contributed by atoms with van der Waals surface area (Å²) in [6, 6.07) is 8.66. The van der Waals surface area contributed by atoms with Crippen LogP contribution in [0.2, 0.25) is 0 Å². The molecule has 0 aliphatic carbocycles. The van der Waals surface area contributed by atoms with E-state index in [-0.39, 0.29) is 13.0 Å². The molecule has 92 valence electrons. The Labute approximate surface area is 102 Å². The lowest BCUT2D eigenvalue weighted by molar-refractivity contribution is -0.162. The highest BCUT2D eigenvalue weighted by Gasteiger charge is 2.25. The molecule has 0 amide bonds. The van der Waals surface area contributed by atoms with Crippen molar-refractivity contribution in [3.8, 4) is 0 Å². The number of rotatable bonds is 5. The first-order valence-corrected chi connectivity index (χ1v) is 5.51. The number of nitrogens with two attached hydrogens (primary N) is 1. The lowest BCUT2D eigenvalue weighted by Gasteiger charge is -2.15. The fourth-order valence-electron chi connectivity index (χ4n) is 1.25. The van der Waals surface area contributed by atoms with E-state index in [0.29, 0.717) is 5.56 Å². The summed E-state index contributed by atoms with van der Waals surface area (Å²) in [5, 5.41) is 0. The summed E-state index contributed by atoms with van der Waals surface area (Å²) < 4.78 is 9.54. The minimum atomic E-state index is -1.05. The van der Waals surface area contributed by atoms with Crippen LogP contribution < -0.4 is 5.73 Å². The molecule has 0 saturated carbocycles. The molecular weight excluding hydrogens is 241 g/mol. The Bertz CT molecular complexity index is 382. The summed E-state index contributed by atoms with van der Waals surface area (Å²) >= 11 is 0. The fraction of sp³-hybridized carbons (Fsp3) is 0.273. The molecule has 1 aromatic carbocycles. The molecule has 6 heteroatoms. The molecular formula is C11H14NO4P. The quantitative estimate of drug-likeness (QED) is 0.626. The number of hydrogen-bond acceptors (Lipinski definition) is 5. The molecule has 0 radical (unpaired) electrons. The smallest absolute Gasteiger partial charge is 0.354 e. The fourth-order valence-corrected chi connectivity index (χ4v) is 1.37. The maximum atomic E-state index is 11.5. The van der Waals surface area contributed by atoms with Crippen LogP contribution in [0, 0.1) is 0 Å². The molecule has 1 rings (SSSR count). The van der Waals surface area contributed by atoms with Crippen molar-refractivity contribution in [2.45, 2.75) is 12.5 Å². The van der Waals surface area contributed by atoms with Gasteiger partial charge < -0.3 is 15.0 Å². The highest BCUT2D eigenvalue weighted by atomic mass is 31.0. The van der Waals surface area contributed by atoms with Crippen molar-refractivity contribution < 1.29 is 18.8 Å². The maximum Gasteiger partial charge on any atom is 0.354 e. The summed E-state index contributed by atoms with van der Waals surface area (Å²) in [6.07, 6.45) is -0.985. The molecule has 2 atom stereocenters. The van der Waals surface area contributed by atoms with Crippen molar-refractivity contribution in [1.82, 2.24) is 0 Å². The van der Waals surface area contributed by atoms with Crippen LogP contribution in [-0.4, -0.2) is 18.5 Å². The standard InChI is InChI=1S/C11H14NO4P/c12-7-6-9(13)15-10(11(14)16-17)8-4-2-1-3-5-8/h1-5,10H,6-7,12,17H2/t10-/m0/s1. The first-order valence-electron chi connectivity index (χ1n) is 5.04. The van der Waals surface area contributed by atoms with E-state index in [4.69, 9.17) is 10.5 Å². The molecule has 0 aromatic heterocycles. The first-order chi connectivity index (χ1) is 8.19. The second-order valence-corrected chi connectivity index (χ2v) is 3.49. The van der Waals surface area contributed by atoms with Gasteiger partial charge in [0.15, 0.2) is 0 Å². The highest BCUT2D eigenvalue weighted by molar-refractivity contribution is 7.10. The Morgan fingerprint density at radius 3 is 2.47 bits per heavy atom. The molecule has 17 heavy (non-hydrogen) atoms.